The van der Waals surface area contributed by atoms with E-state index in [0.29, 0.717) is 16.2 Å². The molecule has 0 radical (unpaired) electrons. The Kier molecular flexibility index (Phi) is 7.24. The lowest BCUT2D eigenvalue weighted by Crippen LogP contribution is -2.14. The minimum atomic E-state index is -0.155. The lowest BCUT2D eigenvalue weighted by atomic mass is 10.1. The second-order valence-corrected chi connectivity index (χ2v) is 9.59. The van der Waals surface area contributed by atoms with E-state index in [1.807, 2.05) is 66.7 Å². The number of thioether (sulfide) groups is 1. The number of carbonyl (C=O) groups is 1. The van der Waals surface area contributed by atoms with Crippen LogP contribution in [0.5, 0.6) is 0 Å². The molecule has 0 saturated carbocycles. The van der Waals surface area contributed by atoms with Gasteiger partial charge in [-0.15, -0.1) is 10.2 Å². The van der Waals surface area contributed by atoms with Crippen molar-refractivity contribution in [2.75, 3.05) is 11.1 Å². The molecule has 1 N–H and O–H groups in total. The summed E-state index contributed by atoms with van der Waals surface area (Å²) < 4.78 is 0. The van der Waals surface area contributed by atoms with Crippen LogP contribution in [0.4, 0.5) is 5.13 Å². The normalized spacial score (nSPS) is 11.0. The van der Waals surface area contributed by atoms with Gasteiger partial charge in [-0.25, -0.2) is 9.97 Å². The van der Waals surface area contributed by atoms with Gasteiger partial charge in [0.1, 0.15) is 5.01 Å². The highest BCUT2D eigenvalue weighted by Crippen LogP contribution is 2.27. The number of hydrogen-bond donors (Lipinski definition) is 1. The summed E-state index contributed by atoms with van der Waals surface area (Å²) in [6.07, 6.45) is 0.852. The molecule has 8 heteroatoms. The molecular formula is C24H23N5OS2. The van der Waals surface area contributed by atoms with E-state index in [1.165, 1.54) is 23.1 Å². The summed E-state index contributed by atoms with van der Waals surface area (Å²) in [5, 5.41) is 13.0. The monoisotopic (exact) mass is 461 g/mol. The molecule has 0 bridgehead atoms. The fourth-order valence-electron chi connectivity index (χ4n) is 3.02. The van der Waals surface area contributed by atoms with E-state index in [0.717, 1.165) is 33.9 Å². The van der Waals surface area contributed by atoms with Crippen molar-refractivity contribution in [2.45, 2.75) is 25.4 Å². The molecule has 0 spiro atoms. The number of aromatic nitrogens is 4. The number of amides is 1. The summed E-state index contributed by atoms with van der Waals surface area (Å²) >= 11 is 2.72. The maximum absolute atomic E-state index is 12.5. The molecule has 0 unspecified atom stereocenters. The summed E-state index contributed by atoms with van der Waals surface area (Å²) in [6.45, 7) is 4.26. The molecule has 2 aromatic heterocycles. The second-order valence-electron chi connectivity index (χ2n) is 7.59. The van der Waals surface area contributed by atoms with E-state index in [2.05, 4.69) is 29.4 Å². The fourth-order valence-corrected chi connectivity index (χ4v) is 4.65. The third-order valence-corrected chi connectivity index (χ3v) is 6.18. The van der Waals surface area contributed by atoms with Gasteiger partial charge in [-0.2, -0.15) is 0 Å². The molecule has 0 saturated heterocycles. The lowest BCUT2D eigenvalue weighted by molar-refractivity contribution is -0.113. The topological polar surface area (TPSA) is 80.7 Å². The SMILES string of the molecule is CC(C)Cc1nnc(NC(=O)CSc2nc(-c3ccccc3)cc(-c3ccccc3)n2)s1. The van der Waals surface area contributed by atoms with Crippen molar-refractivity contribution in [3.8, 4) is 22.5 Å². The van der Waals surface area contributed by atoms with Crippen molar-refractivity contribution in [1.82, 2.24) is 20.2 Å². The zero-order valence-electron chi connectivity index (χ0n) is 17.9. The van der Waals surface area contributed by atoms with Crippen LogP contribution in [0.15, 0.2) is 71.9 Å². The molecule has 0 fully saturated rings. The van der Waals surface area contributed by atoms with Gasteiger partial charge in [0.05, 0.1) is 17.1 Å². The lowest BCUT2D eigenvalue weighted by Gasteiger charge is -2.08. The zero-order valence-corrected chi connectivity index (χ0v) is 19.5. The van der Waals surface area contributed by atoms with Crippen molar-refractivity contribution in [3.63, 3.8) is 0 Å². The van der Waals surface area contributed by atoms with Crippen LogP contribution in [-0.2, 0) is 11.2 Å². The van der Waals surface area contributed by atoms with Gasteiger partial charge in [-0.3, -0.25) is 10.1 Å². The molecule has 0 atom stereocenters. The number of nitrogens with zero attached hydrogens (tertiary/aromatic N) is 4. The molecule has 1 amide bonds. The Morgan fingerprint density at radius 3 is 2.09 bits per heavy atom. The molecular weight excluding hydrogens is 438 g/mol. The number of carbonyl (C=O) groups excluding carboxylic acids is 1. The van der Waals surface area contributed by atoms with Crippen molar-refractivity contribution in [3.05, 3.63) is 71.7 Å². The highest BCUT2D eigenvalue weighted by molar-refractivity contribution is 7.99. The number of nitrogens with one attached hydrogen (secondary N) is 1. The number of anilines is 1. The first-order chi connectivity index (χ1) is 15.6. The fraction of sp³-hybridized carbons (Fsp3) is 0.208. The molecule has 0 aliphatic carbocycles. The zero-order chi connectivity index (χ0) is 22.3. The van der Waals surface area contributed by atoms with E-state index in [-0.39, 0.29) is 11.7 Å². The summed E-state index contributed by atoms with van der Waals surface area (Å²) in [5.41, 5.74) is 3.66. The average Bonchev–Trinajstić information content (AvgIpc) is 3.24. The predicted octanol–water partition coefficient (Wildman–Crippen LogP) is 5.59. The number of hydrogen-bond acceptors (Lipinski definition) is 7. The smallest absolute Gasteiger partial charge is 0.236 e. The summed E-state index contributed by atoms with van der Waals surface area (Å²) in [7, 11) is 0. The van der Waals surface area contributed by atoms with Gasteiger partial charge < -0.3 is 0 Å². The van der Waals surface area contributed by atoms with E-state index in [4.69, 9.17) is 9.97 Å². The first kappa shape index (κ1) is 22.1. The Bertz CT molecular complexity index is 1120. The molecule has 4 aromatic rings. The van der Waals surface area contributed by atoms with Crippen LogP contribution in [0, 0.1) is 5.92 Å². The third kappa shape index (κ3) is 5.99. The second kappa shape index (κ2) is 10.5. The van der Waals surface area contributed by atoms with Crippen LogP contribution in [0.3, 0.4) is 0 Å². The Balaban J connectivity index is 1.50. The standard InChI is InChI=1S/C24H23N5OS2/c1-16(2)13-22-28-29-24(32-22)27-21(30)15-31-23-25-19(17-9-5-3-6-10-17)14-20(26-23)18-11-7-4-8-12-18/h3-12,14,16H,13,15H2,1-2H3,(H,27,29,30). The molecule has 6 nitrogen and oxygen atoms in total. The van der Waals surface area contributed by atoms with Gasteiger partial charge in [0.25, 0.3) is 0 Å². The van der Waals surface area contributed by atoms with E-state index < -0.39 is 0 Å². The first-order valence-corrected chi connectivity index (χ1v) is 12.1. The van der Waals surface area contributed by atoms with Gasteiger partial charge in [0.15, 0.2) is 5.16 Å². The Hall–Kier alpha value is -3.10. The molecule has 4 rings (SSSR count). The van der Waals surface area contributed by atoms with Crippen molar-refractivity contribution >= 4 is 34.1 Å². The molecule has 2 heterocycles. The summed E-state index contributed by atoms with van der Waals surface area (Å²) in [6, 6.07) is 21.9. The van der Waals surface area contributed by atoms with Crippen LogP contribution >= 0.6 is 23.1 Å². The van der Waals surface area contributed by atoms with Gasteiger partial charge in [-0.05, 0) is 12.0 Å². The Morgan fingerprint density at radius 2 is 1.53 bits per heavy atom. The number of rotatable bonds is 8. The number of benzene rings is 2. The van der Waals surface area contributed by atoms with Crippen LogP contribution in [0.1, 0.15) is 18.9 Å². The Morgan fingerprint density at radius 1 is 0.938 bits per heavy atom. The van der Waals surface area contributed by atoms with Crippen LogP contribution in [-0.4, -0.2) is 31.8 Å². The molecule has 2 aromatic carbocycles. The van der Waals surface area contributed by atoms with E-state index >= 15 is 0 Å². The van der Waals surface area contributed by atoms with Gasteiger partial charge >= 0.3 is 0 Å². The van der Waals surface area contributed by atoms with Gasteiger partial charge in [0.2, 0.25) is 11.0 Å². The van der Waals surface area contributed by atoms with Crippen molar-refractivity contribution in [1.29, 1.82) is 0 Å². The Labute approximate surface area is 195 Å². The van der Waals surface area contributed by atoms with Crippen LogP contribution in [0.2, 0.25) is 0 Å². The minimum Gasteiger partial charge on any atom is -0.300 e. The quantitative estimate of drug-likeness (QED) is 0.272. The molecule has 32 heavy (non-hydrogen) atoms. The molecule has 0 aliphatic heterocycles. The van der Waals surface area contributed by atoms with Crippen molar-refractivity contribution < 1.29 is 4.79 Å². The molecule has 162 valence electrons. The third-order valence-electron chi connectivity index (χ3n) is 4.47. The summed E-state index contributed by atoms with van der Waals surface area (Å²) in [5.74, 6) is 0.526. The van der Waals surface area contributed by atoms with E-state index in [9.17, 15) is 4.79 Å². The first-order valence-electron chi connectivity index (χ1n) is 10.3. The largest absolute Gasteiger partial charge is 0.300 e. The highest BCUT2D eigenvalue weighted by atomic mass is 32.2. The predicted molar refractivity (Wildman–Crippen MR) is 131 cm³/mol. The average molecular weight is 462 g/mol. The summed E-state index contributed by atoms with van der Waals surface area (Å²) in [4.78, 5) is 21.9. The van der Waals surface area contributed by atoms with Crippen LogP contribution < -0.4 is 5.32 Å². The van der Waals surface area contributed by atoms with Gasteiger partial charge in [0, 0.05) is 17.5 Å². The van der Waals surface area contributed by atoms with E-state index in [1.54, 1.807) is 0 Å². The van der Waals surface area contributed by atoms with Gasteiger partial charge in [-0.1, -0.05) is 97.6 Å². The maximum Gasteiger partial charge on any atom is 0.236 e. The van der Waals surface area contributed by atoms with Crippen molar-refractivity contribution in [2.24, 2.45) is 5.92 Å². The minimum absolute atomic E-state index is 0.155. The maximum atomic E-state index is 12.5. The van der Waals surface area contributed by atoms with Crippen LogP contribution in [0.25, 0.3) is 22.5 Å². The molecule has 0 aliphatic rings. The highest BCUT2D eigenvalue weighted by Gasteiger charge is 2.13.